The summed E-state index contributed by atoms with van der Waals surface area (Å²) in [6, 6.07) is 10.6. The van der Waals surface area contributed by atoms with Crippen molar-refractivity contribution < 1.29 is 18.7 Å². The molecule has 1 aromatic heterocycles. The third kappa shape index (κ3) is 3.36. The molecule has 6 heteroatoms. The summed E-state index contributed by atoms with van der Waals surface area (Å²) < 4.78 is 19.6. The van der Waals surface area contributed by atoms with Gasteiger partial charge in [-0.25, -0.2) is 4.39 Å². The molecule has 1 atom stereocenters. The summed E-state index contributed by atoms with van der Waals surface area (Å²) in [7, 11) is 1.56. The Balaban J connectivity index is 0.00000112. The molecule has 3 aromatic rings. The first-order chi connectivity index (χ1) is 15.0. The first-order valence-electron chi connectivity index (χ1n) is 10.6. The number of ether oxygens (including phenoxy) is 1. The van der Waals surface area contributed by atoms with Crippen LogP contribution in [0.1, 0.15) is 77.5 Å². The lowest BCUT2D eigenvalue weighted by atomic mass is 9.98. The lowest BCUT2D eigenvalue weighted by Crippen LogP contribution is -2.33. The van der Waals surface area contributed by atoms with E-state index in [-0.39, 0.29) is 23.5 Å². The zero-order valence-electron chi connectivity index (χ0n) is 18.1. The molecule has 0 radical (unpaired) electrons. The van der Waals surface area contributed by atoms with Gasteiger partial charge in [-0.05, 0) is 56.0 Å². The maximum atomic E-state index is 13.9. The molecule has 1 aliphatic heterocycles. The van der Waals surface area contributed by atoms with Crippen molar-refractivity contribution in [2.45, 2.75) is 45.6 Å². The highest BCUT2D eigenvalue weighted by Gasteiger charge is 2.42. The van der Waals surface area contributed by atoms with Gasteiger partial charge in [0.25, 0.3) is 11.8 Å². The maximum absolute atomic E-state index is 13.9. The van der Waals surface area contributed by atoms with Crippen molar-refractivity contribution in [2.75, 3.05) is 7.11 Å². The number of imide groups is 1. The Kier molecular flexibility index (Phi) is 5.48. The van der Waals surface area contributed by atoms with Gasteiger partial charge in [0.1, 0.15) is 11.6 Å². The molecule has 0 bridgehead atoms. The molecule has 1 saturated carbocycles. The van der Waals surface area contributed by atoms with Crippen molar-refractivity contribution in [3.8, 4) is 5.75 Å². The fourth-order valence-corrected chi connectivity index (χ4v) is 4.23. The first kappa shape index (κ1) is 21.0. The Morgan fingerprint density at radius 1 is 1.06 bits per heavy atom. The van der Waals surface area contributed by atoms with Crippen LogP contribution in [0.15, 0.2) is 42.5 Å². The van der Waals surface area contributed by atoms with E-state index in [1.807, 2.05) is 20.8 Å². The van der Waals surface area contributed by atoms with Crippen LogP contribution in [0.3, 0.4) is 0 Å². The Morgan fingerprint density at radius 3 is 2.23 bits per heavy atom. The van der Waals surface area contributed by atoms with Crippen LogP contribution in [0.25, 0.3) is 10.9 Å². The van der Waals surface area contributed by atoms with Gasteiger partial charge in [-0.1, -0.05) is 26.0 Å². The quantitative estimate of drug-likeness (QED) is 0.512. The molecule has 2 amide bonds. The summed E-state index contributed by atoms with van der Waals surface area (Å²) in [5, 5.41) is 0.604. The van der Waals surface area contributed by atoms with Crippen LogP contribution in [0.2, 0.25) is 0 Å². The van der Waals surface area contributed by atoms with Crippen LogP contribution in [-0.4, -0.2) is 28.8 Å². The van der Waals surface area contributed by atoms with Gasteiger partial charge in [0, 0.05) is 10.9 Å². The van der Waals surface area contributed by atoms with E-state index in [1.54, 1.807) is 37.4 Å². The number of benzene rings is 2. The molecule has 2 heterocycles. The molecule has 160 valence electrons. The van der Waals surface area contributed by atoms with Crippen LogP contribution < -0.4 is 4.74 Å². The Hall–Kier alpha value is -3.28. The lowest BCUT2D eigenvalue weighted by molar-refractivity contribution is 0.0591. The number of carbonyl (C=O) groups excluding carboxylic acids is 2. The number of amides is 2. The van der Waals surface area contributed by atoms with Crippen molar-refractivity contribution in [3.05, 3.63) is 70.7 Å². The molecular formula is C25H25FN2O3. The summed E-state index contributed by atoms with van der Waals surface area (Å²) in [6.07, 6.45) is 1.95. The first-order valence-corrected chi connectivity index (χ1v) is 10.6. The van der Waals surface area contributed by atoms with Gasteiger partial charge in [-0.3, -0.25) is 19.5 Å². The van der Waals surface area contributed by atoms with Crippen molar-refractivity contribution >= 4 is 22.7 Å². The van der Waals surface area contributed by atoms with Gasteiger partial charge in [0.2, 0.25) is 0 Å². The largest absolute Gasteiger partial charge is 0.496 e. The second-order valence-corrected chi connectivity index (χ2v) is 7.58. The summed E-state index contributed by atoms with van der Waals surface area (Å²) in [6.45, 7) is 5.81. The van der Waals surface area contributed by atoms with Crippen molar-refractivity contribution in [2.24, 2.45) is 0 Å². The summed E-state index contributed by atoms with van der Waals surface area (Å²) in [5.74, 6) is -0.187. The molecule has 31 heavy (non-hydrogen) atoms. The zero-order chi connectivity index (χ0) is 22.3. The van der Waals surface area contributed by atoms with E-state index >= 15 is 0 Å². The highest BCUT2D eigenvalue weighted by atomic mass is 19.1. The molecule has 0 N–H and O–H groups in total. The van der Waals surface area contributed by atoms with Crippen molar-refractivity contribution in [1.82, 2.24) is 9.88 Å². The molecule has 5 nitrogen and oxygen atoms in total. The normalized spacial score (nSPS) is 16.1. The van der Waals surface area contributed by atoms with Crippen LogP contribution >= 0.6 is 0 Å². The number of fused-ring (bicyclic) bond motifs is 2. The summed E-state index contributed by atoms with van der Waals surface area (Å²) in [5.41, 5.74) is 2.90. The monoisotopic (exact) mass is 420 g/mol. The predicted octanol–water partition coefficient (Wildman–Crippen LogP) is 5.64. The molecule has 2 aliphatic rings. The highest BCUT2D eigenvalue weighted by Crippen LogP contribution is 2.50. The van der Waals surface area contributed by atoms with E-state index in [0.717, 1.165) is 18.4 Å². The fourth-order valence-electron chi connectivity index (χ4n) is 4.23. The maximum Gasteiger partial charge on any atom is 0.262 e. The van der Waals surface area contributed by atoms with Crippen LogP contribution in [0.4, 0.5) is 4.39 Å². The number of rotatable bonds is 4. The van der Waals surface area contributed by atoms with Gasteiger partial charge < -0.3 is 4.74 Å². The minimum atomic E-state index is -0.568. The van der Waals surface area contributed by atoms with E-state index in [4.69, 9.17) is 9.72 Å². The van der Waals surface area contributed by atoms with E-state index in [0.29, 0.717) is 33.5 Å². The second kappa shape index (κ2) is 8.10. The molecule has 5 rings (SSSR count). The molecule has 0 spiro atoms. The molecule has 2 aromatic carbocycles. The molecular weight excluding hydrogens is 395 g/mol. The number of hydrogen-bond donors (Lipinski definition) is 0. The third-order valence-electron chi connectivity index (χ3n) is 5.76. The third-order valence-corrected chi connectivity index (χ3v) is 5.76. The zero-order valence-corrected chi connectivity index (χ0v) is 18.1. The Bertz CT molecular complexity index is 1150. The van der Waals surface area contributed by atoms with Gasteiger partial charge in [0.15, 0.2) is 0 Å². The van der Waals surface area contributed by atoms with Crippen molar-refractivity contribution in [1.29, 1.82) is 0 Å². The van der Waals surface area contributed by atoms with Crippen LogP contribution in [-0.2, 0) is 0 Å². The summed E-state index contributed by atoms with van der Waals surface area (Å²) in [4.78, 5) is 32.0. The SMILES string of the molecule is CC.COc1c(C2CC2)c(C(C)N2C(=O)c3ccccc3C2=O)nc2ccc(F)cc12. The lowest BCUT2D eigenvalue weighted by Gasteiger charge is -2.26. The van der Waals surface area contributed by atoms with E-state index < -0.39 is 6.04 Å². The molecule has 1 aliphatic carbocycles. The number of pyridine rings is 1. The molecule has 1 fully saturated rings. The Labute approximate surface area is 180 Å². The van der Waals surface area contributed by atoms with Gasteiger partial charge in [0.05, 0.1) is 35.5 Å². The van der Waals surface area contributed by atoms with Crippen LogP contribution in [0.5, 0.6) is 5.75 Å². The summed E-state index contributed by atoms with van der Waals surface area (Å²) >= 11 is 0. The minimum absolute atomic E-state index is 0.234. The van der Waals surface area contributed by atoms with Gasteiger partial charge >= 0.3 is 0 Å². The standard InChI is InChI=1S/C23H19FN2O3.C2H6/c1-12(26-22(27)15-5-3-4-6-16(15)23(26)28)20-19(13-7-8-13)21(29-2)17-11-14(24)9-10-18(17)25-20;1-2/h3-6,9-13H,7-8H2,1-2H3;1-2H3. The number of halogens is 1. The smallest absolute Gasteiger partial charge is 0.262 e. The number of hydrogen-bond acceptors (Lipinski definition) is 4. The fraction of sp³-hybridized carbons (Fsp3) is 0.320. The average molecular weight is 420 g/mol. The van der Waals surface area contributed by atoms with E-state index in [9.17, 15) is 14.0 Å². The second-order valence-electron chi connectivity index (χ2n) is 7.58. The highest BCUT2D eigenvalue weighted by molar-refractivity contribution is 6.21. The average Bonchev–Trinajstić information content (AvgIpc) is 3.60. The number of aromatic nitrogens is 1. The predicted molar refractivity (Wildman–Crippen MR) is 117 cm³/mol. The van der Waals surface area contributed by atoms with Gasteiger partial charge in [-0.15, -0.1) is 0 Å². The van der Waals surface area contributed by atoms with E-state index in [2.05, 4.69) is 0 Å². The van der Waals surface area contributed by atoms with Gasteiger partial charge in [-0.2, -0.15) is 0 Å². The Morgan fingerprint density at radius 2 is 1.68 bits per heavy atom. The minimum Gasteiger partial charge on any atom is -0.496 e. The molecule has 1 unspecified atom stereocenters. The number of methoxy groups -OCH3 is 1. The van der Waals surface area contributed by atoms with Crippen LogP contribution in [0, 0.1) is 5.82 Å². The van der Waals surface area contributed by atoms with E-state index in [1.165, 1.54) is 17.0 Å². The number of nitrogens with zero attached hydrogens (tertiary/aromatic N) is 2. The van der Waals surface area contributed by atoms with Crippen molar-refractivity contribution in [3.63, 3.8) is 0 Å². The topological polar surface area (TPSA) is 59.5 Å². The molecule has 0 saturated heterocycles. The number of carbonyl (C=O) groups is 2.